The van der Waals surface area contributed by atoms with Gasteiger partial charge in [-0.15, -0.1) is 0 Å². The molecule has 30 heavy (non-hydrogen) atoms. The van der Waals surface area contributed by atoms with Gasteiger partial charge in [0.15, 0.2) is 0 Å². The van der Waals surface area contributed by atoms with Crippen LogP contribution in [0.25, 0.3) is 0 Å². The number of amides is 3. The number of H-pyrrole nitrogens is 1. The van der Waals surface area contributed by atoms with E-state index in [0.717, 1.165) is 5.56 Å². The Morgan fingerprint density at radius 1 is 0.900 bits per heavy atom. The van der Waals surface area contributed by atoms with E-state index in [9.17, 15) is 19.2 Å². The first kappa shape index (κ1) is 20.6. The summed E-state index contributed by atoms with van der Waals surface area (Å²) in [4.78, 5) is 50.2. The molecular weight excluding hydrogens is 386 g/mol. The fourth-order valence-electron chi connectivity index (χ4n) is 2.82. The van der Waals surface area contributed by atoms with Gasteiger partial charge in [-0.2, -0.15) is 0 Å². The van der Waals surface area contributed by atoms with Crippen molar-refractivity contribution in [2.24, 2.45) is 7.05 Å². The molecule has 9 nitrogen and oxygen atoms in total. The molecule has 1 aromatic heterocycles. The number of nitrogens with zero attached hydrogens (tertiary/aromatic N) is 1. The molecular formula is C21H21N5O4. The van der Waals surface area contributed by atoms with Crippen molar-refractivity contribution in [2.75, 3.05) is 16.0 Å². The van der Waals surface area contributed by atoms with E-state index in [2.05, 4.69) is 20.9 Å². The Hall–Kier alpha value is -4.14. The quantitative estimate of drug-likeness (QED) is 0.518. The summed E-state index contributed by atoms with van der Waals surface area (Å²) in [6.45, 7) is 3.19. The number of nitrogens with one attached hydrogen (secondary N) is 4. The molecule has 1 heterocycles. The van der Waals surface area contributed by atoms with Crippen molar-refractivity contribution in [3.05, 3.63) is 76.0 Å². The maximum atomic E-state index is 12.7. The topological polar surface area (TPSA) is 125 Å². The molecule has 3 amide bonds. The van der Waals surface area contributed by atoms with Crippen molar-refractivity contribution < 1.29 is 14.4 Å². The van der Waals surface area contributed by atoms with Crippen LogP contribution in [0, 0.1) is 6.92 Å². The lowest BCUT2D eigenvalue weighted by Gasteiger charge is -2.11. The lowest BCUT2D eigenvalue weighted by molar-refractivity contribution is -0.114. The van der Waals surface area contributed by atoms with Gasteiger partial charge in [-0.1, -0.05) is 12.1 Å². The molecule has 0 saturated carbocycles. The van der Waals surface area contributed by atoms with Crippen molar-refractivity contribution in [2.45, 2.75) is 13.8 Å². The number of hydrogen-bond donors (Lipinski definition) is 4. The number of aryl methyl sites for hydroxylation is 2. The minimum atomic E-state index is -0.477. The van der Waals surface area contributed by atoms with Gasteiger partial charge in [0.2, 0.25) is 5.91 Å². The largest absolute Gasteiger partial charge is 0.326 e. The summed E-state index contributed by atoms with van der Waals surface area (Å²) in [6, 6.07) is 11.7. The molecule has 0 bridgehead atoms. The summed E-state index contributed by atoms with van der Waals surface area (Å²) < 4.78 is 1.27. The molecule has 0 spiro atoms. The van der Waals surface area contributed by atoms with Crippen LogP contribution in [0.3, 0.4) is 0 Å². The summed E-state index contributed by atoms with van der Waals surface area (Å²) in [6.07, 6.45) is 1.40. The van der Waals surface area contributed by atoms with Gasteiger partial charge in [0.05, 0.1) is 0 Å². The number of benzene rings is 2. The number of hydrogen-bond acceptors (Lipinski definition) is 4. The van der Waals surface area contributed by atoms with Gasteiger partial charge >= 0.3 is 5.69 Å². The van der Waals surface area contributed by atoms with Crippen molar-refractivity contribution >= 4 is 34.8 Å². The highest BCUT2D eigenvalue weighted by atomic mass is 16.2. The van der Waals surface area contributed by atoms with Gasteiger partial charge in [0.25, 0.3) is 11.8 Å². The Morgan fingerprint density at radius 3 is 2.13 bits per heavy atom. The van der Waals surface area contributed by atoms with Crippen LogP contribution in [-0.2, 0) is 11.8 Å². The number of aromatic amines is 1. The second-order valence-corrected chi connectivity index (χ2v) is 6.78. The van der Waals surface area contributed by atoms with Gasteiger partial charge < -0.3 is 25.5 Å². The molecule has 0 fully saturated rings. The SMILES string of the molecule is CC(=O)Nc1ccc(C)c(C(=O)Nc2cccc(NC(=O)c3cn(C)c(=O)[nH]3)c2)c1. The summed E-state index contributed by atoms with van der Waals surface area (Å²) in [5.74, 6) is -1.06. The van der Waals surface area contributed by atoms with Crippen LogP contribution in [0.15, 0.2) is 53.5 Å². The predicted octanol–water partition coefficient (Wildman–Crippen LogP) is 2.48. The predicted molar refractivity (Wildman–Crippen MR) is 114 cm³/mol. The molecule has 0 radical (unpaired) electrons. The van der Waals surface area contributed by atoms with Gasteiger partial charge in [-0.25, -0.2) is 4.79 Å². The molecule has 2 aromatic carbocycles. The molecule has 0 saturated heterocycles. The van der Waals surface area contributed by atoms with Gasteiger partial charge in [-0.05, 0) is 42.8 Å². The maximum absolute atomic E-state index is 12.7. The first-order chi connectivity index (χ1) is 14.2. The molecule has 3 aromatic rings. The third-order valence-electron chi connectivity index (χ3n) is 4.31. The Kier molecular flexibility index (Phi) is 5.82. The molecule has 9 heteroatoms. The van der Waals surface area contributed by atoms with E-state index in [0.29, 0.717) is 22.6 Å². The first-order valence-electron chi connectivity index (χ1n) is 9.09. The third kappa shape index (κ3) is 4.82. The van der Waals surface area contributed by atoms with Crippen molar-refractivity contribution in [1.82, 2.24) is 9.55 Å². The molecule has 0 unspecified atom stereocenters. The van der Waals surface area contributed by atoms with Crippen LogP contribution >= 0.6 is 0 Å². The smallest absolute Gasteiger partial charge is 0.325 e. The zero-order valence-corrected chi connectivity index (χ0v) is 16.7. The molecule has 0 aliphatic carbocycles. The van der Waals surface area contributed by atoms with Gasteiger partial charge in [0, 0.05) is 42.8 Å². The van der Waals surface area contributed by atoms with E-state index in [-0.39, 0.29) is 17.5 Å². The zero-order chi connectivity index (χ0) is 21.8. The fourth-order valence-corrected chi connectivity index (χ4v) is 2.82. The fraction of sp³-hybridized carbons (Fsp3) is 0.143. The normalized spacial score (nSPS) is 10.4. The summed E-state index contributed by atoms with van der Waals surface area (Å²) in [5, 5.41) is 8.10. The average molecular weight is 407 g/mol. The minimum absolute atomic E-state index is 0.127. The molecule has 3 rings (SSSR count). The van der Waals surface area contributed by atoms with Crippen molar-refractivity contribution in [3.8, 4) is 0 Å². The highest BCUT2D eigenvalue weighted by Gasteiger charge is 2.13. The van der Waals surface area contributed by atoms with E-state index >= 15 is 0 Å². The summed E-state index contributed by atoms with van der Waals surface area (Å²) in [5.41, 5.74) is 2.35. The van der Waals surface area contributed by atoms with Crippen LogP contribution < -0.4 is 21.6 Å². The summed E-state index contributed by atoms with van der Waals surface area (Å²) in [7, 11) is 1.54. The monoisotopic (exact) mass is 407 g/mol. The first-order valence-corrected chi connectivity index (χ1v) is 9.09. The number of anilines is 3. The Morgan fingerprint density at radius 2 is 1.53 bits per heavy atom. The Labute approximate surface area is 172 Å². The number of rotatable bonds is 5. The van der Waals surface area contributed by atoms with Gasteiger partial charge in [-0.3, -0.25) is 14.4 Å². The van der Waals surface area contributed by atoms with Crippen LogP contribution in [0.5, 0.6) is 0 Å². The highest BCUT2D eigenvalue weighted by Crippen LogP contribution is 2.20. The van der Waals surface area contributed by atoms with Crippen LogP contribution in [0.1, 0.15) is 33.3 Å². The third-order valence-corrected chi connectivity index (χ3v) is 4.31. The highest BCUT2D eigenvalue weighted by molar-refractivity contribution is 6.07. The Bertz CT molecular complexity index is 1190. The van der Waals surface area contributed by atoms with Gasteiger partial charge in [0.1, 0.15) is 5.69 Å². The molecule has 0 atom stereocenters. The number of imidazole rings is 1. The van der Waals surface area contributed by atoms with Crippen molar-refractivity contribution in [3.63, 3.8) is 0 Å². The summed E-state index contributed by atoms with van der Waals surface area (Å²) >= 11 is 0. The van der Waals surface area contributed by atoms with E-state index < -0.39 is 11.6 Å². The lowest BCUT2D eigenvalue weighted by Crippen LogP contribution is -2.16. The van der Waals surface area contributed by atoms with E-state index in [1.54, 1.807) is 49.4 Å². The minimum Gasteiger partial charge on any atom is -0.326 e. The van der Waals surface area contributed by atoms with E-state index in [1.807, 2.05) is 0 Å². The number of carbonyl (C=O) groups excluding carboxylic acids is 3. The van der Waals surface area contributed by atoms with E-state index in [1.165, 1.54) is 24.7 Å². The average Bonchev–Trinajstić information content (AvgIpc) is 3.02. The lowest BCUT2D eigenvalue weighted by atomic mass is 10.1. The second-order valence-electron chi connectivity index (χ2n) is 6.78. The number of aromatic nitrogens is 2. The van der Waals surface area contributed by atoms with Crippen molar-refractivity contribution in [1.29, 1.82) is 0 Å². The van der Waals surface area contributed by atoms with Crippen LogP contribution in [0.2, 0.25) is 0 Å². The molecule has 0 aliphatic heterocycles. The standard InChI is InChI=1S/C21H21N5O4/c1-12-7-8-16(22-13(2)27)10-17(12)19(28)23-14-5-4-6-15(9-14)24-20(29)18-11-26(3)21(30)25-18/h4-11H,1-3H3,(H,22,27)(H,23,28)(H,24,29)(H,25,30). The van der Waals surface area contributed by atoms with Crippen LogP contribution in [0.4, 0.5) is 17.1 Å². The number of carbonyl (C=O) groups is 3. The van der Waals surface area contributed by atoms with Crippen LogP contribution in [-0.4, -0.2) is 27.3 Å². The zero-order valence-electron chi connectivity index (χ0n) is 16.7. The Balaban J connectivity index is 1.75. The maximum Gasteiger partial charge on any atom is 0.325 e. The second kappa shape index (κ2) is 8.48. The van der Waals surface area contributed by atoms with E-state index in [4.69, 9.17) is 0 Å². The molecule has 154 valence electrons. The molecule has 4 N–H and O–H groups in total. The molecule has 0 aliphatic rings.